The fourth-order valence-electron chi connectivity index (χ4n) is 6.92. The van der Waals surface area contributed by atoms with E-state index < -0.39 is 58.0 Å². The zero-order chi connectivity index (χ0) is 30.0. The molecule has 1 saturated carbocycles. The number of benzene rings is 1. The van der Waals surface area contributed by atoms with Crippen LogP contribution in [0.2, 0.25) is 0 Å². The number of aliphatic hydroxyl groups excluding tert-OH is 2. The number of nitrogens with zero attached hydrogens (tertiary/aromatic N) is 3. The third kappa shape index (κ3) is 4.18. The highest BCUT2D eigenvalue weighted by Crippen LogP contribution is 2.54. The van der Waals surface area contributed by atoms with Gasteiger partial charge in [0.1, 0.15) is 22.8 Å². The summed E-state index contributed by atoms with van der Waals surface area (Å²) >= 11 is 0. The van der Waals surface area contributed by atoms with Crippen LogP contribution in [0.1, 0.15) is 43.9 Å². The maximum Gasteiger partial charge on any atom is 0.255 e. The topological polar surface area (TPSA) is 168 Å². The van der Waals surface area contributed by atoms with Gasteiger partial charge in [0.15, 0.2) is 11.4 Å². The van der Waals surface area contributed by atoms with Crippen molar-refractivity contribution >= 4 is 28.9 Å². The number of carbonyl (C=O) groups excluding carboxylic acids is 3. The molecule has 0 heterocycles. The van der Waals surface area contributed by atoms with Crippen LogP contribution in [-0.2, 0) is 27.3 Å². The van der Waals surface area contributed by atoms with E-state index in [9.17, 15) is 34.8 Å². The minimum atomic E-state index is -2.65. The largest absolute Gasteiger partial charge is 0.508 e. The second kappa shape index (κ2) is 10.2. The molecule has 11 nitrogen and oxygen atoms in total. The van der Waals surface area contributed by atoms with E-state index in [1.807, 2.05) is 19.0 Å². The van der Waals surface area contributed by atoms with Crippen LogP contribution >= 0.6 is 0 Å². The number of phenols is 1. The van der Waals surface area contributed by atoms with Crippen molar-refractivity contribution < 1.29 is 34.8 Å². The molecule has 1 aromatic rings. The minimum absolute atomic E-state index is 0.0523. The van der Waals surface area contributed by atoms with E-state index >= 15 is 0 Å². The first-order valence-corrected chi connectivity index (χ1v) is 13.5. The normalized spacial score (nSPS) is 26.4. The van der Waals surface area contributed by atoms with E-state index in [1.54, 1.807) is 20.2 Å². The van der Waals surface area contributed by atoms with Gasteiger partial charge in [0.05, 0.1) is 11.6 Å². The van der Waals surface area contributed by atoms with Gasteiger partial charge in [-0.1, -0.05) is 6.92 Å². The summed E-state index contributed by atoms with van der Waals surface area (Å²) < 4.78 is 0. The van der Waals surface area contributed by atoms with E-state index in [2.05, 4.69) is 25.7 Å². The number of likely N-dealkylation sites (N-methyl/N-ethyl adjacent to an activating group) is 1. The number of rotatable bonds is 7. The third-order valence-corrected chi connectivity index (χ3v) is 8.73. The summed E-state index contributed by atoms with van der Waals surface area (Å²) in [6.07, 6.45) is 0.300. The molecule has 1 aromatic carbocycles. The number of Topliss-reactive ketones (excluding diaryl/α,β-unsaturated/α-hetero) is 2. The van der Waals surface area contributed by atoms with Crippen molar-refractivity contribution in [3.8, 4) is 5.75 Å². The van der Waals surface area contributed by atoms with Crippen LogP contribution in [0.15, 0.2) is 23.0 Å². The lowest BCUT2D eigenvalue weighted by molar-refractivity contribution is -0.153. The molecule has 4 atom stereocenters. The molecule has 3 aliphatic rings. The smallest absolute Gasteiger partial charge is 0.255 e. The monoisotopic (exact) mass is 556 g/mol. The quantitative estimate of drug-likeness (QED) is 0.308. The summed E-state index contributed by atoms with van der Waals surface area (Å²) in [5, 5.41) is 45.4. The Hall–Kier alpha value is -3.41. The Kier molecular flexibility index (Phi) is 7.55. The number of amides is 1. The van der Waals surface area contributed by atoms with E-state index in [0.29, 0.717) is 12.1 Å². The van der Waals surface area contributed by atoms with Crippen molar-refractivity contribution in [2.75, 3.05) is 39.6 Å². The van der Waals surface area contributed by atoms with Crippen molar-refractivity contribution in [1.82, 2.24) is 9.80 Å². The molecule has 0 saturated heterocycles. The number of carbonyl (C=O) groups is 3. The van der Waals surface area contributed by atoms with Crippen molar-refractivity contribution in [2.45, 2.75) is 57.8 Å². The molecular formula is C29H40N4O7. The number of primary amides is 1. The molecule has 218 valence electrons. The number of hydrogen-bond donors (Lipinski definition) is 5. The Balaban J connectivity index is 1.96. The highest BCUT2D eigenvalue weighted by molar-refractivity contribution is 6.24. The molecule has 0 aromatic heterocycles. The molecular weight excluding hydrogens is 516 g/mol. The number of fused-ring (bicyclic) bond motifs is 3. The van der Waals surface area contributed by atoms with Crippen LogP contribution in [0.5, 0.6) is 5.75 Å². The number of anilines is 1. The van der Waals surface area contributed by atoms with E-state index in [-0.39, 0.29) is 35.8 Å². The Morgan fingerprint density at radius 2 is 1.77 bits per heavy atom. The SMILES string of the molecule is CCN(Cc1cc(O)c2c(c1N(C)C)C[C@H]1C[C@H]3[C@H](N(C)C)C(=O)C(C(N)=O)=C(O)[C@@]3(O)C(=O)C1=C2O)C(C)C. The standard InChI is InChI=1S/C29H40N4O7/c1-8-33(13(2)3)12-15-11-18(34)20-16(22(15)31(4)5)9-14-10-17-23(32(6)7)25(36)21(28(30)39)27(38)29(17,40)26(37)19(14)24(20)35/h11,13-14,17,23,34-35,38,40H,8-10,12H2,1-7H3,(H2,30,39)/t14-,17-,23-,29-/m0/s1. The van der Waals surface area contributed by atoms with Gasteiger partial charge in [0.2, 0.25) is 5.78 Å². The van der Waals surface area contributed by atoms with E-state index in [4.69, 9.17) is 5.73 Å². The van der Waals surface area contributed by atoms with Crippen LogP contribution in [0.3, 0.4) is 0 Å². The fourth-order valence-corrected chi connectivity index (χ4v) is 6.92. The number of aromatic hydroxyl groups is 1. The molecule has 3 aliphatic carbocycles. The van der Waals surface area contributed by atoms with Crippen LogP contribution in [0.25, 0.3) is 5.76 Å². The summed E-state index contributed by atoms with van der Waals surface area (Å²) in [5.74, 6) is -6.56. The lowest BCUT2D eigenvalue weighted by Gasteiger charge is -2.50. The zero-order valence-electron chi connectivity index (χ0n) is 24.1. The molecule has 40 heavy (non-hydrogen) atoms. The van der Waals surface area contributed by atoms with Gasteiger partial charge in [0.25, 0.3) is 5.91 Å². The summed E-state index contributed by atoms with van der Waals surface area (Å²) in [6.45, 7) is 7.58. The number of nitrogens with two attached hydrogens (primary N) is 1. The highest BCUT2D eigenvalue weighted by Gasteiger charge is 2.64. The Bertz CT molecular complexity index is 1350. The third-order valence-electron chi connectivity index (χ3n) is 8.73. The fraction of sp³-hybridized carbons (Fsp3) is 0.552. The van der Waals surface area contributed by atoms with Crippen molar-refractivity contribution in [3.63, 3.8) is 0 Å². The predicted molar refractivity (Wildman–Crippen MR) is 150 cm³/mol. The predicted octanol–water partition coefficient (Wildman–Crippen LogP) is 1.26. The van der Waals surface area contributed by atoms with Gasteiger partial charge >= 0.3 is 0 Å². The zero-order valence-corrected chi connectivity index (χ0v) is 24.1. The van der Waals surface area contributed by atoms with Gasteiger partial charge in [-0.25, -0.2) is 0 Å². The summed E-state index contributed by atoms with van der Waals surface area (Å²) in [5.41, 5.74) is 4.17. The molecule has 0 spiro atoms. The van der Waals surface area contributed by atoms with E-state index in [1.165, 1.54) is 4.90 Å². The average molecular weight is 557 g/mol. The second-order valence-corrected chi connectivity index (χ2v) is 11.8. The Labute approximate surface area is 234 Å². The summed E-state index contributed by atoms with van der Waals surface area (Å²) in [6, 6.07) is 0.727. The molecule has 1 amide bonds. The van der Waals surface area contributed by atoms with Crippen molar-refractivity contribution in [2.24, 2.45) is 17.6 Å². The molecule has 4 rings (SSSR count). The minimum Gasteiger partial charge on any atom is -0.508 e. The molecule has 0 aliphatic heterocycles. The van der Waals surface area contributed by atoms with Gasteiger partial charge in [-0.2, -0.15) is 0 Å². The summed E-state index contributed by atoms with van der Waals surface area (Å²) in [7, 11) is 6.91. The van der Waals surface area contributed by atoms with Gasteiger partial charge in [0, 0.05) is 43.9 Å². The maximum atomic E-state index is 14.0. The number of phenolic OH excluding ortho intramolecular Hbond substituents is 1. The van der Waals surface area contributed by atoms with Crippen LogP contribution in [0, 0.1) is 11.8 Å². The Morgan fingerprint density at radius 1 is 1.15 bits per heavy atom. The summed E-state index contributed by atoms with van der Waals surface area (Å²) in [4.78, 5) is 45.1. The number of aliphatic hydroxyl groups is 3. The van der Waals surface area contributed by atoms with Crippen LogP contribution in [0.4, 0.5) is 5.69 Å². The number of hydrogen-bond acceptors (Lipinski definition) is 10. The molecule has 6 N–H and O–H groups in total. The molecule has 0 bridgehead atoms. The second-order valence-electron chi connectivity index (χ2n) is 11.8. The van der Waals surface area contributed by atoms with Gasteiger partial charge in [-0.05, 0) is 70.4 Å². The maximum absolute atomic E-state index is 14.0. The lowest BCUT2D eigenvalue weighted by atomic mass is 9.57. The lowest BCUT2D eigenvalue weighted by Crippen LogP contribution is -2.65. The molecule has 11 heteroatoms. The van der Waals surface area contributed by atoms with Gasteiger partial charge in [-0.3, -0.25) is 24.2 Å². The Morgan fingerprint density at radius 3 is 2.27 bits per heavy atom. The first kappa shape index (κ1) is 29.6. The van der Waals surface area contributed by atoms with Crippen molar-refractivity contribution in [1.29, 1.82) is 0 Å². The van der Waals surface area contributed by atoms with Crippen LogP contribution in [-0.4, -0.2) is 100 Å². The van der Waals surface area contributed by atoms with Crippen LogP contribution < -0.4 is 10.6 Å². The molecule has 1 fully saturated rings. The molecule has 0 radical (unpaired) electrons. The number of ketones is 2. The van der Waals surface area contributed by atoms with E-state index in [0.717, 1.165) is 17.8 Å². The van der Waals surface area contributed by atoms with Gasteiger partial charge in [-0.15, -0.1) is 0 Å². The van der Waals surface area contributed by atoms with Gasteiger partial charge < -0.3 is 31.1 Å². The average Bonchev–Trinajstić information content (AvgIpc) is 2.83. The first-order chi connectivity index (χ1) is 18.6. The van der Waals surface area contributed by atoms with Crippen molar-refractivity contribution in [3.05, 3.63) is 39.7 Å². The molecule has 0 unspecified atom stereocenters. The first-order valence-electron chi connectivity index (χ1n) is 13.5. The highest BCUT2D eigenvalue weighted by atomic mass is 16.3.